The van der Waals surface area contributed by atoms with E-state index in [1.165, 1.54) is 12.8 Å². The molecule has 1 atom stereocenters. The number of hydrogen-bond acceptors (Lipinski definition) is 2. The van der Waals surface area contributed by atoms with Crippen LogP contribution >= 0.6 is 0 Å². The van der Waals surface area contributed by atoms with E-state index >= 15 is 0 Å². The Morgan fingerprint density at radius 1 is 1.50 bits per heavy atom. The topological polar surface area (TPSA) is 36.2 Å². The standard InChI is InChI=1S/C10H18N2.C2H6/c1-3-6-12-8(2)7-10(11)9-4-5-9;1-2/h6,8-9,11H,3-5,7H2,1-2H3;1-2H3. The van der Waals surface area contributed by atoms with Gasteiger partial charge in [0.25, 0.3) is 0 Å². The van der Waals surface area contributed by atoms with Crippen LogP contribution in [0.5, 0.6) is 0 Å². The second-order valence-corrected chi connectivity index (χ2v) is 3.59. The van der Waals surface area contributed by atoms with E-state index in [4.69, 9.17) is 5.41 Å². The third-order valence-corrected chi connectivity index (χ3v) is 2.13. The highest BCUT2D eigenvalue weighted by Crippen LogP contribution is 2.31. The van der Waals surface area contributed by atoms with Crippen LogP contribution in [0.3, 0.4) is 0 Å². The minimum Gasteiger partial charge on any atom is -0.309 e. The molecule has 82 valence electrons. The van der Waals surface area contributed by atoms with Crippen LogP contribution in [-0.2, 0) is 0 Å². The molecule has 1 rings (SSSR count). The molecular formula is C12H24N2. The molecular weight excluding hydrogens is 172 g/mol. The van der Waals surface area contributed by atoms with E-state index in [2.05, 4.69) is 18.8 Å². The van der Waals surface area contributed by atoms with Crippen LogP contribution in [0.25, 0.3) is 0 Å². The van der Waals surface area contributed by atoms with Crippen molar-refractivity contribution in [3.63, 3.8) is 0 Å². The van der Waals surface area contributed by atoms with Crippen molar-refractivity contribution in [1.82, 2.24) is 0 Å². The zero-order valence-corrected chi connectivity index (χ0v) is 10.0. The minimum absolute atomic E-state index is 0.318. The predicted octanol–water partition coefficient (Wildman–Crippen LogP) is 3.70. The smallest absolute Gasteiger partial charge is 0.0519 e. The minimum atomic E-state index is 0.318. The summed E-state index contributed by atoms with van der Waals surface area (Å²) in [6.45, 7) is 8.17. The summed E-state index contributed by atoms with van der Waals surface area (Å²) in [6.07, 6.45) is 6.29. The van der Waals surface area contributed by atoms with Gasteiger partial charge in [0.1, 0.15) is 0 Å². The molecule has 1 saturated carbocycles. The van der Waals surface area contributed by atoms with Crippen molar-refractivity contribution < 1.29 is 0 Å². The van der Waals surface area contributed by atoms with Crippen molar-refractivity contribution in [1.29, 1.82) is 5.41 Å². The molecule has 1 unspecified atom stereocenters. The fourth-order valence-corrected chi connectivity index (χ4v) is 1.25. The predicted molar refractivity (Wildman–Crippen MR) is 64.7 cm³/mol. The molecule has 1 aliphatic rings. The van der Waals surface area contributed by atoms with Gasteiger partial charge in [-0.15, -0.1) is 0 Å². The largest absolute Gasteiger partial charge is 0.309 e. The van der Waals surface area contributed by atoms with Crippen molar-refractivity contribution in [3.8, 4) is 0 Å². The van der Waals surface area contributed by atoms with Gasteiger partial charge < -0.3 is 5.41 Å². The fourth-order valence-electron chi connectivity index (χ4n) is 1.25. The van der Waals surface area contributed by atoms with Gasteiger partial charge in [0, 0.05) is 12.1 Å². The number of hydrogen-bond donors (Lipinski definition) is 1. The summed E-state index contributed by atoms with van der Waals surface area (Å²) >= 11 is 0. The Hall–Kier alpha value is -0.660. The SMILES string of the molecule is CC.CCC=NC(C)CC(=N)C1CC1. The zero-order valence-electron chi connectivity index (χ0n) is 10.0. The van der Waals surface area contributed by atoms with E-state index < -0.39 is 0 Å². The fraction of sp³-hybridized carbons (Fsp3) is 0.833. The Bertz CT molecular complexity index is 181. The maximum atomic E-state index is 7.70. The quantitative estimate of drug-likeness (QED) is 0.651. The summed E-state index contributed by atoms with van der Waals surface area (Å²) in [5, 5.41) is 7.70. The average molecular weight is 196 g/mol. The molecule has 0 radical (unpaired) electrons. The zero-order chi connectivity index (χ0) is 11.0. The van der Waals surface area contributed by atoms with Crippen molar-refractivity contribution in [3.05, 3.63) is 0 Å². The summed E-state index contributed by atoms with van der Waals surface area (Å²) in [5.74, 6) is 0.615. The highest BCUT2D eigenvalue weighted by molar-refractivity contribution is 5.86. The second-order valence-electron chi connectivity index (χ2n) is 3.59. The molecule has 0 spiro atoms. The van der Waals surface area contributed by atoms with Gasteiger partial charge in [-0.3, -0.25) is 4.99 Å². The highest BCUT2D eigenvalue weighted by Gasteiger charge is 2.26. The molecule has 2 nitrogen and oxygen atoms in total. The Kier molecular flexibility index (Phi) is 7.35. The van der Waals surface area contributed by atoms with Crippen LogP contribution in [-0.4, -0.2) is 18.0 Å². The second kappa shape index (κ2) is 7.72. The molecule has 0 bridgehead atoms. The van der Waals surface area contributed by atoms with Crippen LogP contribution in [0.15, 0.2) is 4.99 Å². The van der Waals surface area contributed by atoms with E-state index in [9.17, 15) is 0 Å². The molecule has 2 heteroatoms. The summed E-state index contributed by atoms with van der Waals surface area (Å²) in [5.41, 5.74) is 0.913. The first kappa shape index (κ1) is 13.3. The summed E-state index contributed by atoms with van der Waals surface area (Å²) in [6, 6.07) is 0.318. The molecule has 0 aromatic carbocycles. The van der Waals surface area contributed by atoms with Crippen LogP contribution < -0.4 is 0 Å². The molecule has 1 N–H and O–H groups in total. The summed E-state index contributed by atoms with van der Waals surface area (Å²) in [7, 11) is 0. The highest BCUT2D eigenvalue weighted by atomic mass is 14.8. The lowest BCUT2D eigenvalue weighted by Gasteiger charge is -2.05. The molecule has 0 aromatic rings. The third kappa shape index (κ3) is 5.90. The van der Waals surface area contributed by atoms with Gasteiger partial charge in [0.2, 0.25) is 0 Å². The number of nitrogens with one attached hydrogen (secondary N) is 1. The molecule has 1 aliphatic carbocycles. The average Bonchev–Trinajstić information content (AvgIpc) is 3.01. The molecule has 0 aliphatic heterocycles. The van der Waals surface area contributed by atoms with E-state index in [0.29, 0.717) is 12.0 Å². The maximum absolute atomic E-state index is 7.70. The summed E-state index contributed by atoms with van der Waals surface area (Å²) in [4.78, 5) is 4.33. The van der Waals surface area contributed by atoms with Crippen molar-refractivity contribution >= 4 is 11.9 Å². The third-order valence-electron chi connectivity index (χ3n) is 2.13. The lowest BCUT2D eigenvalue weighted by Crippen LogP contribution is -2.09. The van der Waals surface area contributed by atoms with Gasteiger partial charge in [0.05, 0.1) is 6.04 Å². The van der Waals surface area contributed by atoms with E-state index in [1.54, 1.807) is 0 Å². The van der Waals surface area contributed by atoms with E-state index in [-0.39, 0.29) is 0 Å². The molecule has 1 fully saturated rings. The molecule has 0 saturated heterocycles. The van der Waals surface area contributed by atoms with Gasteiger partial charge >= 0.3 is 0 Å². The number of nitrogens with zero attached hydrogens (tertiary/aromatic N) is 1. The Morgan fingerprint density at radius 2 is 2.07 bits per heavy atom. The van der Waals surface area contributed by atoms with Gasteiger partial charge in [0.15, 0.2) is 0 Å². The molecule has 0 heterocycles. The Labute approximate surface area is 88.3 Å². The summed E-state index contributed by atoms with van der Waals surface area (Å²) < 4.78 is 0. The Balaban J connectivity index is 0.000000791. The van der Waals surface area contributed by atoms with Crippen LogP contribution in [0.1, 0.15) is 53.4 Å². The van der Waals surface area contributed by atoms with Crippen molar-refractivity contribution in [2.45, 2.75) is 59.4 Å². The van der Waals surface area contributed by atoms with Crippen LogP contribution in [0, 0.1) is 11.3 Å². The lowest BCUT2D eigenvalue weighted by molar-refractivity contribution is 0.765. The normalized spacial score (nSPS) is 17.4. The van der Waals surface area contributed by atoms with Gasteiger partial charge in [-0.25, -0.2) is 0 Å². The van der Waals surface area contributed by atoms with E-state index in [0.717, 1.165) is 18.6 Å². The monoisotopic (exact) mass is 196 g/mol. The first-order chi connectivity index (χ1) is 6.74. The first-order valence-corrected chi connectivity index (χ1v) is 5.83. The molecule has 0 aromatic heterocycles. The Morgan fingerprint density at radius 3 is 2.50 bits per heavy atom. The first-order valence-electron chi connectivity index (χ1n) is 5.83. The van der Waals surface area contributed by atoms with Crippen LogP contribution in [0.2, 0.25) is 0 Å². The van der Waals surface area contributed by atoms with Gasteiger partial charge in [-0.1, -0.05) is 20.8 Å². The van der Waals surface area contributed by atoms with E-state index in [1.807, 2.05) is 20.1 Å². The van der Waals surface area contributed by atoms with Gasteiger partial charge in [-0.05, 0) is 38.3 Å². The molecule has 0 amide bonds. The number of rotatable bonds is 5. The van der Waals surface area contributed by atoms with Gasteiger partial charge in [-0.2, -0.15) is 0 Å². The lowest BCUT2D eigenvalue weighted by atomic mass is 10.1. The van der Waals surface area contributed by atoms with Crippen LogP contribution in [0.4, 0.5) is 0 Å². The molecule has 14 heavy (non-hydrogen) atoms. The maximum Gasteiger partial charge on any atom is 0.0519 e. The van der Waals surface area contributed by atoms with Crippen molar-refractivity contribution in [2.24, 2.45) is 10.9 Å². The number of aliphatic imine (C=N–C) groups is 1. The van der Waals surface area contributed by atoms with Crippen molar-refractivity contribution in [2.75, 3.05) is 0 Å².